The summed E-state index contributed by atoms with van der Waals surface area (Å²) in [6.45, 7) is 3.55. The van der Waals surface area contributed by atoms with Crippen LogP contribution in [-0.4, -0.2) is 16.0 Å². The number of amides is 1. The molecular formula is C11H12N4O2. The first-order valence-corrected chi connectivity index (χ1v) is 5.04. The molecule has 0 unspecified atom stereocenters. The van der Waals surface area contributed by atoms with E-state index in [0.717, 1.165) is 5.56 Å². The Morgan fingerprint density at radius 1 is 1.41 bits per heavy atom. The molecule has 88 valence electrons. The second kappa shape index (κ2) is 4.25. The van der Waals surface area contributed by atoms with Gasteiger partial charge in [-0.2, -0.15) is 4.98 Å². The van der Waals surface area contributed by atoms with Crippen molar-refractivity contribution < 1.29 is 9.32 Å². The van der Waals surface area contributed by atoms with Gasteiger partial charge in [0.1, 0.15) is 0 Å². The fraction of sp³-hybridized carbons (Fsp3) is 0.182. The molecule has 6 heteroatoms. The van der Waals surface area contributed by atoms with Crippen molar-refractivity contribution in [3.05, 3.63) is 35.2 Å². The molecule has 0 fully saturated rings. The number of nitrogens with two attached hydrogens (primary N) is 1. The highest BCUT2D eigenvalue weighted by Crippen LogP contribution is 2.15. The Morgan fingerprint density at radius 3 is 2.82 bits per heavy atom. The van der Waals surface area contributed by atoms with Crippen molar-refractivity contribution in [1.82, 2.24) is 10.1 Å². The van der Waals surface area contributed by atoms with Gasteiger partial charge in [0, 0.05) is 5.69 Å². The Bertz CT molecular complexity index is 562. The summed E-state index contributed by atoms with van der Waals surface area (Å²) in [7, 11) is 0. The lowest BCUT2D eigenvalue weighted by atomic mass is 10.1. The van der Waals surface area contributed by atoms with Crippen LogP contribution >= 0.6 is 0 Å². The van der Waals surface area contributed by atoms with Crippen molar-refractivity contribution in [2.45, 2.75) is 13.8 Å². The topological polar surface area (TPSA) is 94.0 Å². The number of anilines is 2. The van der Waals surface area contributed by atoms with E-state index < -0.39 is 0 Å². The van der Waals surface area contributed by atoms with Crippen molar-refractivity contribution >= 4 is 17.6 Å². The normalized spacial score (nSPS) is 10.2. The number of nitrogens with one attached hydrogen (secondary N) is 1. The molecule has 17 heavy (non-hydrogen) atoms. The number of carbonyl (C=O) groups is 1. The van der Waals surface area contributed by atoms with E-state index in [1.54, 1.807) is 19.1 Å². The van der Waals surface area contributed by atoms with Crippen LogP contribution < -0.4 is 11.1 Å². The molecule has 2 aromatic rings. The predicted molar refractivity (Wildman–Crippen MR) is 62.6 cm³/mol. The molecule has 0 radical (unpaired) electrons. The highest BCUT2D eigenvalue weighted by Gasteiger charge is 2.13. The number of aryl methyl sites for hydroxylation is 2. The van der Waals surface area contributed by atoms with Crippen molar-refractivity contribution in [1.29, 1.82) is 0 Å². The number of nitrogen functional groups attached to an aromatic ring is 1. The Hall–Kier alpha value is -2.37. The first kappa shape index (κ1) is 11.1. The van der Waals surface area contributed by atoms with Gasteiger partial charge in [-0.25, -0.2) is 0 Å². The van der Waals surface area contributed by atoms with Gasteiger partial charge in [0.25, 0.3) is 5.91 Å². The Balaban J connectivity index is 2.22. The van der Waals surface area contributed by atoms with E-state index in [0.29, 0.717) is 17.1 Å². The lowest BCUT2D eigenvalue weighted by Gasteiger charge is -2.05. The number of nitrogens with zero attached hydrogens (tertiary/aromatic N) is 2. The molecule has 0 atom stereocenters. The quantitative estimate of drug-likeness (QED) is 0.765. The molecular weight excluding hydrogens is 220 g/mol. The molecule has 1 aromatic carbocycles. The monoisotopic (exact) mass is 232 g/mol. The molecule has 0 saturated carbocycles. The molecule has 6 nitrogen and oxygen atoms in total. The Labute approximate surface area is 97.8 Å². The summed E-state index contributed by atoms with van der Waals surface area (Å²) in [5.41, 5.74) is 7.47. The Kier molecular flexibility index (Phi) is 2.78. The van der Waals surface area contributed by atoms with Crippen LogP contribution in [0.3, 0.4) is 0 Å². The van der Waals surface area contributed by atoms with Gasteiger partial charge in [-0.3, -0.25) is 10.1 Å². The maximum absolute atomic E-state index is 11.9. The minimum absolute atomic E-state index is 0.0633. The van der Waals surface area contributed by atoms with Crippen molar-refractivity contribution in [3.63, 3.8) is 0 Å². The van der Waals surface area contributed by atoms with Gasteiger partial charge in [0.05, 0.1) is 5.56 Å². The molecule has 0 spiro atoms. The molecule has 0 aliphatic rings. The number of hydrogen-bond acceptors (Lipinski definition) is 5. The zero-order chi connectivity index (χ0) is 12.4. The van der Waals surface area contributed by atoms with Gasteiger partial charge in [-0.05, 0) is 26.0 Å². The first-order valence-electron chi connectivity index (χ1n) is 5.04. The van der Waals surface area contributed by atoms with Crippen LogP contribution in [0.2, 0.25) is 0 Å². The van der Waals surface area contributed by atoms with E-state index in [9.17, 15) is 4.79 Å². The molecule has 1 aromatic heterocycles. The number of benzene rings is 1. The number of carbonyl (C=O) groups excluding carboxylic acids is 1. The Morgan fingerprint density at radius 2 is 2.18 bits per heavy atom. The van der Waals surface area contributed by atoms with E-state index in [1.165, 1.54) is 0 Å². The van der Waals surface area contributed by atoms with Crippen LogP contribution in [0.5, 0.6) is 0 Å². The summed E-state index contributed by atoms with van der Waals surface area (Å²) in [4.78, 5) is 15.8. The van der Waals surface area contributed by atoms with E-state index in [1.807, 2.05) is 13.0 Å². The number of rotatable bonds is 2. The average molecular weight is 232 g/mol. The molecule has 1 heterocycles. The first-order chi connectivity index (χ1) is 8.06. The number of aromatic nitrogens is 2. The zero-order valence-corrected chi connectivity index (χ0v) is 9.52. The fourth-order valence-corrected chi connectivity index (χ4v) is 1.38. The summed E-state index contributed by atoms with van der Waals surface area (Å²) >= 11 is 0. The highest BCUT2D eigenvalue weighted by molar-refractivity contribution is 6.06. The van der Waals surface area contributed by atoms with Crippen LogP contribution in [0.25, 0.3) is 0 Å². The molecule has 3 N–H and O–H groups in total. The second-order valence-corrected chi connectivity index (χ2v) is 3.69. The van der Waals surface area contributed by atoms with E-state index >= 15 is 0 Å². The van der Waals surface area contributed by atoms with Crippen LogP contribution in [-0.2, 0) is 0 Å². The summed E-state index contributed by atoms with van der Waals surface area (Å²) in [6.07, 6.45) is 0. The summed E-state index contributed by atoms with van der Waals surface area (Å²) in [5, 5.41) is 6.06. The number of hydrogen-bond donors (Lipinski definition) is 2. The van der Waals surface area contributed by atoms with E-state index in [4.69, 9.17) is 10.3 Å². The fourth-order valence-electron chi connectivity index (χ4n) is 1.38. The van der Waals surface area contributed by atoms with Crippen LogP contribution in [0.15, 0.2) is 22.7 Å². The predicted octanol–water partition coefficient (Wildman–Crippen LogP) is 1.52. The largest absolute Gasteiger partial charge is 0.398 e. The molecule has 0 bridgehead atoms. The average Bonchev–Trinajstić information content (AvgIpc) is 2.67. The molecule has 0 saturated heterocycles. The third-order valence-electron chi connectivity index (χ3n) is 2.20. The van der Waals surface area contributed by atoms with Gasteiger partial charge in [0.2, 0.25) is 0 Å². The van der Waals surface area contributed by atoms with Crippen LogP contribution in [0.1, 0.15) is 21.7 Å². The molecule has 0 aliphatic carbocycles. The van der Waals surface area contributed by atoms with Gasteiger partial charge in [-0.1, -0.05) is 16.8 Å². The van der Waals surface area contributed by atoms with Gasteiger partial charge in [0.15, 0.2) is 5.82 Å². The zero-order valence-electron chi connectivity index (χ0n) is 9.52. The van der Waals surface area contributed by atoms with Gasteiger partial charge in [-0.15, -0.1) is 0 Å². The standard InChI is InChI=1S/C11H12N4O2/c1-6-3-4-9(12)8(5-6)10(16)14-11-13-7(2)15-17-11/h3-5H,12H2,1-2H3,(H,13,14,15,16). The SMILES string of the molecule is Cc1ccc(N)c(C(=O)Nc2nc(C)no2)c1. The molecule has 1 amide bonds. The van der Waals surface area contributed by atoms with Gasteiger partial charge < -0.3 is 10.3 Å². The maximum atomic E-state index is 11.9. The van der Waals surface area contributed by atoms with Crippen molar-refractivity contribution in [2.75, 3.05) is 11.1 Å². The minimum atomic E-state index is -0.366. The summed E-state index contributed by atoms with van der Waals surface area (Å²) < 4.78 is 4.79. The van der Waals surface area contributed by atoms with Crippen molar-refractivity contribution in [2.24, 2.45) is 0 Å². The summed E-state index contributed by atoms with van der Waals surface area (Å²) in [5.74, 6) is 0.0902. The molecule has 2 rings (SSSR count). The van der Waals surface area contributed by atoms with Gasteiger partial charge >= 0.3 is 6.01 Å². The van der Waals surface area contributed by atoms with Crippen LogP contribution in [0.4, 0.5) is 11.7 Å². The smallest absolute Gasteiger partial charge is 0.328 e. The maximum Gasteiger partial charge on any atom is 0.328 e. The van der Waals surface area contributed by atoms with Crippen LogP contribution in [0, 0.1) is 13.8 Å². The lowest BCUT2D eigenvalue weighted by Crippen LogP contribution is -2.14. The minimum Gasteiger partial charge on any atom is -0.398 e. The summed E-state index contributed by atoms with van der Waals surface area (Å²) in [6, 6.07) is 5.29. The lowest BCUT2D eigenvalue weighted by molar-refractivity contribution is 0.102. The highest BCUT2D eigenvalue weighted by atomic mass is 16.5. The third-order valence-corrected chi connectivity index (χ3v) is 2.20. The van der Waals surface area contributed by atoms with E-state index in [-0.39, 0.29) is 11.9 Å². The van der Waals surface area contributed by atoms with Crippen molar-refractivity contribution in [3.8, 4) is 0 Å². The van der Waals surface area contributed by atoms with E-state index in [2.05, 4.69) is 15.5 Å². The molecule has 0 aliphatic heterocycles. The third kappa shape index (κ3) is 2.41. The second-order valence-electron chi connectivity index (χ2n) is 3.69.